The molecule has 7 heteroatoms. The van der Waals surface area contributed by atoms with Crippen molar-refractivity contribution in [3.63, 3.8) is 0 Å². The number of H-pyrrole nitrogens is 1. The minimum Gasteiger partial charge on any atom is -0.311 e. The van der Waals surface area contributed by atoms with Crippen LogP contribution in [0.15, 0.2) is 23.4 Å². The number of hydrogen-bond donors (Lipinski definition) is 1. The Morgan fingerprint density at radius 2 is 2.12 bits per heavy atom. The topological polar surface area (TPSA) is 63.0 Å². The monoisotopic (exact) mass is 254 g/mol. The van der Waals surface area contributed by atoms with E-state index < -0.39 is 0 Å². The molecule has 0 bridgehead atoms. The third-order valence-corrected chi connectivity index (χ3v) is 2.70. The van der Waals surface area contributed by atoms with Crippen molar-refractivity contribution >= 4 is 40.0 Å². The highest BCUT2D eigenvalue weighted by atomic mass is 35.5. The van der Waals surface area contributed by atoms with Crippen LogP contribution in [0.25, 0.3) is 16.8 Å². The van der Waals surface area contributed by atoms with E-state index in [1.807, 2.05) is 0 Å². The van der Waals surface area contributed by atoms with Crippen LogP contribution in [0, 0.1) is 0 Å². The summed E-state index contributed by atoms with van der Waals surface area (Å²) in [5.74, 6) is 0. The van der Waals surface area contributed by atoms with Crippen molar-refractivity contribution in [2.75, 3.05) is 0 Å². The van der Waals surface area contributed by atoms with Gasteiger partial charge >= 0.3 is 0 Å². The number of rotatable bonds is 0. The average Bonchev–Trinajstić information content (AvgIpc) is 2.59. The highest BCUT2D eigenvalue weighted by molar-refractivity contribution is 6.36. The predicted octanol–water partition coefficient (Wildman–Crippen LogP) is 1.88. The molecule has 0 unspecified atom stereocenters. The quantitative estimate of drug-likeness (QED) is 0.667. The summed E-state index contributed by atoms with van der Waals surface area (Å²) in [7, 11) is 0. The number of nitrogens with zero attached hydrogens (tertiary/aromatic N) is 3. The van der Waals surface area contributed by atoms with E-state index in [1.165, 1.54) is 6.33 Å². The second-order valence-electron chi connectivity index (χ2n) is 3.22. The maximum atomic E-state index is 11.5. The molecule has 0 spiro atoms. The standard InChI is InChI=1S/C9H4Cl2N4O/c10-4-1-5(11)7-14-6-8(15(7)2-4)12-3-13-9(6)16/h1-3H,(H,12,13,16). The van der Waals surface area contributed by atoms with Gasteiger partial charge in [0, 0.05) is 6.20 Å². The van der Waals surface area contributed by atoms with E-state index in [0.29, 0.717) is 21.3 Å². The second-order valence-corrected chi connectivity index (χ2v) is 4.06. The molecule has 0 fully saturated rings. The Labute approximate surface area is 98.7 Å². The van der Waals surface area contributed by atoms with Crippen LogP contribution in [0.4, 0.5) is 0 Å². The van der Waals surface area contributed by atoms with E-state index in [4.69, 9.17) is 23.2 Å². The summed E-state index contributed by atoms with van der Waals surface area (Å²) in [6.07, 6.45) is 2.93. The van der Waals surface area contributed by atoms with Gasteiger partial charge in [-0.2, -0.15) is 0 Å². The highest BCUT2D eigenvalue weighted by Crippen LogP contribution is 2.23. The molecular weight excluding hydrogens is 251 g/mol. The third-order valence-electron chi connectivity index (χ3n) is 2.21. The van der Waals surface area contributed by atoms with Crippen LogP contribution < -0.4 is 5.56 Å². The number of hydrogen-bond acceptors (Lipinski definition) is 3. The lowest BCUT2D eigenvalue weighted by atomic mass is 10.5. The van der Waals surface area contributed by atoms with Crippen molar-refractivity contribution in [3.05, 3.63) is 39.0 Å². The van der Waals surface area contributed by atoms with Crippen LogP contribution in [0.2, 0.25) is 10.0 Å². The predicted molar refractivity (Wildman–Crippen MR) is 61.1 cm³/mol. The van der Waals surface area contributed by atoms with Crippen molar-refractivity contribution in [2.45, 2.75) is 0 Å². The Balaban J connectivity index is 2.66. The number of fused-ring (bicyclic) bond motifs is 3. The van der Waals surface area contributed by atoms with Gasteiger partial charge in [-0.1, -0.05) is 23.2 Å². The maximum absolute atomic E-state index is 11.5. The number of pyridine rings is 1. The van der Waals surface area contributed by atoms with Gasteiger partial charge in [-0.3, -0.25) is 9.20 Å². The Kier molecular flexibility index (Phi) is 1.92. The SMILES string of the molecule is O=c1[nH]cnc2c1nc1c(Cl)cc(Cl)cn12. The molecule has 3 rings (SSSR count). The van der Waals surface area contributed by atoms with E-state index in [-0.39, 0.29) is 11.1 Å². The fourth-order valence-corrected chi connectivity index (χ4v) is 2.07. The fourth-order valence-electron chi connectivity index (χ4n) is 1.56. The summed E-state index contributed by atoms with van der Waals surface area (Å²) in [6.45, 7) is 0. The normalized spacial score (nSPS) is 11.4. The Hall–Kier alpha value is -1.59. The molecule has 3 aromatic heterocycles. The van der Waals surface area contributed by atoms with Crippen LogP contribution in [-0.4, -0.2) is 19.4 Å². The first-order chi connectivity index (χ1) is 7.66. The molecule has 0 aliphatic carbocycles. The van der Waals surface area contributed by atoms with Gasteiger partial charge < -0.3 is 4.98 Å². The lowest BCUT2D eigenvalue weighted by Crippen LogP contribution is -2.06. The lowest BCUT2D eigenvalue weighted by Gasteiger charge is -1.97. The molecule has 0 amide bonds. The number of imidazole rings is 1. The van der Waals surface area contributed by atoms with Gasteiger partial charge in [-0.05, 0) is 6.07 Å². The van der Waals surface area contributed by atoms with Crippen LogP contribution in [-0.2, 0) is 0 Å². The molecule has 0 saturated carbocycles. The molecular formula is C9H4Cl2N4O. The molecule has 3 aromatic rings. The number of aromatic nitrogens is 4. The number of nitrogens with one attached hydrogen (secondary N) is 1. The van der Waals surface area contributed by atoms with Crippen molar-refractivity contribution in [3.8, 4) is 0 Å². The maximum Gasteiger partial charge on any atom is 0.278 e. The summed E-state index contributed by atoms with van der Waals surface area (Å²) in [4.78, 5) is 22.1. The van der Waals surface area contributed by atoms with Gasteiger partial charge in [-0.15, -0.1) is 0 Å². The second kappa shape index (κ2) is 3.20. The zero-order valence-corrected chi connectivity index (χ0v) is 9.25. The van der Waals surface area contributed by atoms with Crippen molar-refractivity contribution in [1.82, 2.24) is 19.4 Å². The summed E-state index contributed by atoms with van der Waals surface area (Å²) in [5.41, 5.74) is 0.834. The first kappa shape index (κ1) is 9.62. The zero-order chi connectivity index (χ0) is 11.3. The molecule has 0 aromatic carbocycles. The molecule has 0 aliphatic heterocycles. The molecule has 0 saturated heterocycles. The Morgan fingerprint density at radius 1 is 1.31 bits per heavy atom. The minimum atomic E-state index is -0.305. The van der Waals surface area contributed by atoms with Crippen LogP contribution in [0.1, 0.15) is 0 Å². The number of halogens is 2. The van der Waals surface area contributed by atoms with Gasteiger partial charge in [-0.25, -0.2) is 9.97 Å². The molecule has 0 atom stereocenters. The van der Waals surface area contributed by atoms with Gasteiger partial charge in [0.2, 0.25) is 0 Å². The van der Waals surface area contributed by atoms with Crippen LogP contribution in [0.5, 0.6) is 0 Å². The molecule has 0 radical (unpaired) electrons. The van der Waals surface area contributed by atoms with E-state index in [2.05, 4.69) is 15.0 Å². The summed E-state index contributed by atoms with van der Waals surface area (Å²) >= 11 is 11.9. The fraction of sp³-hybridized carbons (Fsp3) is 0. The largest absolute Gasteiger partial charge is 0.311 e. The molecule has 16 heavy (non-hydrogen) atoms. The average molecular weight is 255 g/mol. The van der Waals surface area contributed by atoms with E-state index in [1.54, 1.807) is 16.7 Å². The minimum absolute atomic E-state index is 0.242. The smallest absolute Gasteiger partial charge is 0.278 e. The lowest BCUT2D eigenvalue weighted by molar-refractivity contribution is 1.12. The van der Waals surface area contributed by atoms with Gasteiger partial charge in [0.25, 0.3) is 5.56 Å². The molecule has 5 nitrogen and oxygen atoms in total. The summed E-state index contributed by atoms with van der Waals surface area (Å²) < 4.78 is 1.59. The molecule has 0 aliphatic rings. The van der Waals surface area contributed by atoms with Gasteiger partial charge in [0.15, 0.2) is 16.8 Å². The summed E-state index contributed by atoms with van der Waals surface area (Å²) in [5, 5.41) is 0.837. The van der Waals surface area contributed by atoms with Crippen molar-refractivity contribution < 1.29 is 0 Å². The first-order valence-corrected chi connectivity index (χ1v) is 5.13. The Morgan fingerprint density at radius 3 is 2.94 bits per heavy atom. The third kappa shape index (κ3) is 1.22. The molecule has 80 valence electrons. The summed E-state index contributed by atoms with van der Waals surface area (Å²) in [6, 6.07) is 1.57. The number of aromatic amines is 1. The first-order valence-electron chi connectivity index (χ1n) is 4.37. The Bertz CT molecular complexity index is 761. The van der Waals surface area contributed by atoms with Crippen molar-refractivity contribution in [2.24, 2.45) is 0 Å². The van der Waals surface area contributed by atoms with Crippen molar-refractivity contribution in [1.29, 1.82) is 0 Å². The van der Waals surface area contributed by atoms with E-state index in [9.17, 15) is 4.79 Å². The van der Waals surface area contributed by atoms with Crippen LogP contribution in [0.3, 0.4) is 0 Å². The van der Waals surface area contributed by atoms with E-state index >= 15 is 0 Å². The van der Waals surface area contributed by atoms with E-state index in [0.717, 1.165) is 0 Å². The van der Waals surface area contributed by atoms with Gasteiger partial charge in [0.05, 0.1) is 16.4 Å². The molecule has 3 heterocycles. The van der Waals surface area contributed by atoms with Gasteiger partial charge in [0.1, 0.15) is 0 Å². The molecule has 1 N–H and O–H groups in total. The highest BCUT2D eigenvalue weighted by Gasteiger charge is 2.11. The van der Waals surface area contributed by atoms with Crippen LogP contribution >= 0.6 is 23.2 Å². The zero-order valence-electron chi connectivity index (χ0n) is 7.74.